The molecule has 0 spiro atoms. The summed E-state index contributed by atoms with van der Waals surface area (Å²) in [4.78, 5) is 28.2. The van der Waals surface area contributed by atoms with Gasteiger partial charge in [-0.05, 0) is 62.1 Å². The number of nitrogens with one attached hydrogen (secondary N) is 1. The van der Waals surface area contributed by atoms with Crippen LogP contribution in [0.15, 0.2) is 42.5 Å². The fraction of sp³-hybridized carbons (Fsp3) is 0.440. The molecule has 2 amide bonds. The third-order valence-electron chi connectivity index (χ3n) is 5.79. The van der Waals surface area contributed by atoms with E-state index in [1.807, 2.05) is 20.8 Å². The van der Waals surface area contributed by atoms with Crippen molar-refractivity contribution in [3.05, 3.63) is 63.6 Å². The summed E-state index contributed by atoms with van der Waals surface area (Å²) in [5, 5.41) is 3.85. The van der Waals surface area contributed by atoms with Crippen molar-refractivity contribution in [2.75, 3.05) is 17.1 Å². The minimum Gasteiger partial charge on any atom is -0.352 e. The second kappa shape index (κ2) is 12.6. The zero-order valence-electron chi connectivity index (χ0n) is 20.7. The van der Waals surface area contributed by atoms with Crippen molar-refractivity contribution in [2.24, 2.45) is 0 Å². The molecule has 0 saturated heterocycles. The van der Waals surface area contributed by atoms with Gasteiger partial charge >= 0.3 is 0 Å². The number of halogens is 2. The summed E-state index contributed by atoms with van der Waals surface area (Å²) in [5.74, 6) is -0.813. The normalized spacial score (nSPS) is 13.1. The van der Waals surface area contributed by atoms with Crippen molar-refractivity contribution in [2.45, 2.75) is 59.2 Å². The van der Waals surface area contributed by atoms with Gasteiger partial charge < -0.3 is 10.2 Å². The summed E-state index contributed by atoms with van der Waals surface area (Å²) in [5.41, 5.74) is 1.61. The maximum atomic E-state index is 13.7. The molecule has 2 atom stereocenters. The molecular weight excluding hydrogens is 509 g/mol. The SMILES string of the molecule is CC[C@H](C(=O)N[C@@H](C)CC)N(Cc1ccccc1Cl)C(=O)CN(c1ccc(Cl)cc1C)S(C)(=O)=O. The number of carbonyl (C=O) groups excluding carboxylic acids is 2. The van der Waals surface area contributed by atoms with Crippen LogP contribution in [0.3, 0.4) is 0 Å². The average molecular weight is 543 g/mol. The van der Waals surface area contributed by atoms with Gasteiger partial charge in [0.1, 0.15) is 12.6 Å². The summed E-state index contributed by atoms with van der Waals surface area (Å²) in [7, 11) is -3.82. The number of anilines is 1. The van der Waals surface area contributed by atoms with Crippen LogP contribution in [0.25, 0.3) is 0 Å². The number of hydrogen-bond acceptors (Lipinski definition) is 4. The van der Waals surface area contributed by atoms with Crippen LogP contribution in [0.1, 0.15) is 44.7 Å². The Labute approximate surface area is 218 Å². The molecule has 0 unspecified atom stereocenters. The van der Waals surface area contributed by atoms with E-state index in [4.69, 9.17) is 23.2 Å². The van der Waals surface area contributed by atoms with Gasteiger partial charge in [-0.3, -0.25) is 13.9 Å². The fourth-order valence-electron chi connectivity index (χ4n) is 3.66. The Morgan fingerprint density at radius 3 is 2.26 bits per heavy atom. The highest BCUT2D eigenvalue weighted by Gasteiger charge is 2.32. The van der Waals surface area contributed by atoms with Crippen LogP contribution in [0.4, 0.5) is 5.69 Å². The van der Waals surface area contributed by atoms with E-state index in [2.05, 4.69) is 5.32 Å². The number of hydrogen-bond donors (Lipinski definition) is 1. The number of sulfonamides is 1. The summed E-state index contributed by atoms with van der Waals surface area (Å²) in [6.45, 7) is 6.96. The summed E-state index contributed by atoms with van der Waals surface area (Å²) in [6, 6.07) is 11.0. The molecule has 192 valence electrons. The van der Waals surface area contributed by atoms with E-state index in [1.54, 1.807) is 49.4 Å². The van der Waals surface area contributed by atoms with E-state index in [-0.39, 0.29) is 18.5 Å². The van der Waals surface area contributed by atoms with Crippen LogP contribution < -0.4 is 9.62 Å². The predicted octanol–water partition coefficient (Wildman–Crippen LogP) is 4.79. The lowest BCUT2D eigenvalue weighted by molar-refractivity contribution is -0.140. The molecule has 0 fully saturated rings. The standard InChI is InChI=1S/C25H33Cl2N3O4S/c1-6-18(4)28-25(32)22(7-2)29(15-19-10-8-9-11-21(19)27)24(31)16-30(35(5,33)34)23-13-12-20(26)14-17(23)3/h8-14,18,22H,6-7,15-16H2,1-5H3,(H,28,32)/t18-,22+/m0/s1. The van der Waals surface area contributed by atoms with Gasteiger partial charge in [-0.15, -0.1) is 0 Å². The van der Waals surface area contributed by atoms with Crippen LogP contribution in [0, 0.1) is 6.92 Å². The van der Waals surface area contributed by atoms with E-state index < -0.39 is 28.5 Å². The van der Waals surface area contributed by atoms with Gasteiger partial charge in [0.2, 0.25) is 21.8 Å². The van der Waals surface area contributed by atoms with Crippen molar-refractivity contribution in [1.29, 1.82) is 0 Å². The molecule has 0 aliphatic carbocycles. The van der Waals surface area contributed by atoms with Crippen molar-refractivity contribution in [3.8, 4) is 0 Å². The molecule has 1 N–H and O–H groups in total. The molecule has 0 saturated carbocycles. The largest absolute Gasteiger partial charge is 0.352 e. The molecule has 35 heavy (non-hydrogen) atoms. The van der Waals surface area contributed by atoms with E-state index in [0.717, 1.165) is 17.0 Å². The van der Waals surface area contributed by atoms with Gasteiger partial charge in [-0.25, -0.2) is 8.42 Å². The summed E-state index contributed by atoms with van der Waals surface area (Å²) < 4.78 is 26.5. The van der Waals surface area contributed by atoms with Gasteiger partial charge in [0.25, 0.3) is 0 Å². The molecule has 0 bridgehead atoms. The van der Waals surface area contributed by atoms with Crippen LogP contribution >= 0.6 is 23.2 Å². The number of rotatable bonds is 11. The first-order chi connectivity index (χ1) is 16.4. The Balaban J connectivity index is 2.49. The molecule has 0 aliphatic heterocycles. The lowest BCUT2D eigenvalue weighted by atomic mass is 10.1. The Bertz CT molecular complexity index is 1160. The Kier molecular flexibility index (Phi) is 10.4. The topological polar surface area (TPSA) is 86.8 Å². The minimum absolute atomic E-state index is 0.0577. The number of aryl methyl sites for hydroxylation is 1. The number of nitrogens with zero attached hydrogens (tertiary/aromatic N) is 2. The molecule has 10 heteroatoms. The first-order valence-corrected chi connectivity index (χ1v) is 14.1. The van der Waals surface area contributed by atoms with Gasteiger partial charge in [0, 0.05) is 22.6 Å². The average Bonchev–Trinajstić information content (AvgIpc) is 2.78. The lowest BCUT2D eigenvalue weighted by Crippen LogP contribution is -2.53. The molecule has 0 radical (unpaired) electrons. The predicted molar refractivity (Wildman–Crippen MR) is 142 cm³/mol. The zero-order valence-corrected chi connectivity index (χ0v) is 23.0. The van der Waals surface area contributed by atoms with Gasteiger partial charge in [0.15, 0.2) is 0 Å². The smallest absolute Gasteiger partial charge is 0.244 e. The van der Waals surface area contributed by atoms with E-state index in [0.29, 0.717) is 33.3 Å². The second-order valence-electron chi connectivity index (χ2n) is 8.56. The van der Waals surface area contributed by atoms with E-state index in [1.165, 1.54) is 4.90 Å². The third-order valence-corrected chi connectivity index (χ3v) is 7.52. The first kappa shape index (κ1) is 28.9. The lowest BCUT2D eigenvalue weighted by Gasteiger charge is -2.33. The molecule has 0 aliphatic rings. The number of carbonyl (C=O) groups is 2. The van der Waals surface area contributed by atoms with E-state index in [9.17, 15) is 18.0 Å². The van der Waals surface area contributed by atoms with Crippen LogP contribution in [-0.4, -0.2) is 50.0 Å². The quantitative estimate of drug-likeness (QED) is 0.443. The highest BCUT2D eigenvalue weighted by Crippen LogP contribution is 2.27. The van der Waals surface area contributed by atoms with Gasteiger partial charge in [-0.1, -0.05) is 55.2 Å². The van der Waals surface area contributed by atoms with Crippen LogP contribution in [0.2, 0.25) is 10.0 Å². The number of benzene rings is 2. The maximum Gasteiger partial charge on any atom is 0.244 e. The Morgan fingerprint density at radius 2 is 1.71 bits per heavy atom. The Hall–Kier alpha value is -2.29. The number of amides is 2. The highest BCUT2D eigenvalue weighted by atomic mass is 35.5. The highest BCUT2D eigenvalue weighted by molar-refractivity contribution is 7.92. The van der Waals surface area contributed by atoms with Crippen molar-refractivity contribution < 1.29 is 18.0 Å². The molecule has 2 aromatic rings. The fourth-order valence-corrected chi connectivity index (χ4v) is 4.99. The monoisotopic (exact) mass is 541 g/mol. The first-order valence-electron chi connectivity index (χ1n) is 11.5. The molecule has 0 aromatic heterocycles. The second-order valence-corrected chi connectivity index (χ2v) is 11.3. The van der Waals surface area contributed by atoms with Crippen molar-refractivity contribution in [3.63, 3.8) is 0 Å². The minimum atomic E-state index is -3.82. The van der Waals surface area contributed by atoms with E-state index >= 15 is 0 Å². The third kappa shape index (κ3) is 7.85. The maximum absolute atomic E-state index is 13.7. The molecule has 7 nitrogen and oxygen atoms in total. The molecule has 2 rings (SSSR count). The molecular formula is C25H33Cl2N3O4S. The Morgan fingerprint density at radius 1 is 1.06 bits per heavy atom. The van der Waals surface area contributed by atoms with Crippen molar-refractivity contribution in [1.82, 2.24) is 10.2 Å². The van der Waals surface area contributed by atoms with Crippen LogP contribution in [0.5, 0.6) is 0 Å². The molecule has 0 heterocycles. The summed E-state index contributed by atoms with van der Waals surface area (Å²) in [6.07, 6.45) is 2.12. The van der Waals surface area contributed by atoms with Crippen LogP contribution in [-0.2, 0) is 26.2 Å². The van der Waals surface area contributed by atoms with Crippen molar-refractivity contribution >= 4 is 50.7 Å². The zero-order chi connectivity index (χ0) is 26.3. The van der Waals surface area contributed by atoms with Gasteiger partial charge in [0.05, 0.1) is 11.9 Å². The summed E-state index contributed by atoms with van der Waals surface area (Å²) >= 11 is 12.4. The molecule has 2 aromatic carbocycles. The van der Waals surface area contributed by atoms with Gasteiger partial charge in [-0.2, -0.15) is 0 Å².